The van der Waals surface area contributed by atoms with E-state index in [1.54, 1.807) is 4.68 Å². The molecule has 90 valence electrons. The predicted octanol–water partition coefficient (Wildman–Crippen LogP) is 2.47. The molecular weight excluding hydrogens is 236 g/mol. The molecule has 0 fully saturated rings. The van der Waals surface area contributed by atoms with Crippen molar-refractivity contribution < 1.29 is 0 Å². The summed E-state index contributed by atoms with van der Waals surface area (Å²) in [7, 11) is 0. The maximum absolute atomic E-state index is 6.26. The van der Waals surface area contributed by atoms with Gasteiger partial charge in [0.25, 0.3) is 0 Å². The summed E-state index contributed by atoms with van der Waals surface area (Å²) in [6, 6.07) is 9.83. The lowest BCUT2D eigenvalue weighted by Crippen LogP contribution is -2.15. The van der Waals surface area contributed by atoms with Crippen molar-refractivity contribution in [2.75, 3.05) is 0 Å². The SMILES string of the molecule is CC(C)C(Cl)Cc1nnnn1-c1ccccc1. The van der Waals surface area contributed by atoms with Crippen LogP contribution >= 0.6 is 11.6 Å². The van der Waals surface area contributed by atoms with Gasteiger partial charge in [-0.05, 0) is 28.5 Å². The quantitative estimate of drug-likeness (QED) is 0.783. The maximum atomic E-state index is 6.26. The first-order valence-corrected chi connectivity index (χ1v) is 6.09. The third-order valence-corrected chi connectivity index (χ3v) is 3.29. The molecule has 2 rings (SSSR count). The molecule has 0 aliphatic carbocycles. The van der Waals surface area contributed by atoms with Gasteiger partial charge >= 0.3 is 0 Å². The van der Waals surface area contributed by atoms with Crippen molar-refractivity contribution in [1.29, 1.82) is 0 Å². The third kappa shape index (κ3) is 2.82. The normalized spacial score (nSPS) is 12.9. The van der Waals surface area contributed by atoms with E-state index in [-0.39, 0.29) is 5.38 Å². The van der Waals surface area contributed by atoms with Gasteiger partial charge in [0.1, 0.15) is 0 Å². The van der Waals surface area contributed by atoms with Crippen LogP contribution in [0.25, 0.3) is 5.69 Å². The molecule has 0 N–H and O–H groups in total. The van der Waals surface area contributed by atoms with Gasteiger partial charge in [0.05, 0.1) is 5.69 Å². The summed E-state index contributed by atoms with van der Waals surface area (Å²) in [5, 5.41) is 11.8. The highest BCUT2D eigenvalue weighted by Crippen LogP contribution is 2.16. The monoisotopic (exact) mass is 250 g/mol. The van der Waals surface area contributed by atoms with E-state index < -0.39 is 0 Å². The number of hydrogen-bond donors (Lipinski definition) is 0. The molecule has 1 aromatic heterocycles. The number of para-hydroxylation sites is 1. The molecule has 0 saturated heterocycles. The Labute approximate surface area is 106 Å². The van der Waals surface area contributed by atoms with E-state index in [0.717, 1.165) is 11.5 Å². The largest absolute Gasteiger partial charge is 0.197 e. The first-order valence-electron chi connectivity index (χ1n) is 5.65. The van der Waals surface area contributed by atoms with Crippen LogP contribution < -0.4 is 0 Å². The minimum absolute atomic E-state index is 0.0449. The number of tetrazole rings is 1. The molecular formula is C12H15ClN4. The Bertz CT molecular complexity index is 466. The lowest BCUT2D eigenvalue weighted by molar-refractivity contribution is 0.577. The lowest BCUT2D eigenvalue weighted by atomic mass is 10.1. The molecule has 1 atom stereocenters. The number of aromatic nitrogens is 4. The van der Waals surface area contributed by atoms with E-state index in [4.69, 9.17) is 11.6 Å². The van der Waals surface area contributed by atoms with Crippen LogP contribution in [0.15, 0.2) is 30.3 Å². The molecule has 0 radical (unpaired) electrons. The molecule has 0 spiro atoms. The van der Waals surface area contributed by atoms with Crippen molar-refractivity contribution in [3.8, 4) is 5.69 Å². The van der Waals surface area contributed by atoms with Crippen molar-refractivity contribution in [3.05, 3.63) is 36.2 Å². The van der Waals surface area contributed by atoms with Gasteiger partial charge in [-0.1, -0.05) is 32.0 Å². The van der Waals surface area contributed by atoms with Gasteiger partial charge in [-0.25, -0.2) is 0 Å². The Morgan fingerprint density at radius 2 is 1.94 bits per heavy atom. The summed E-state index contributed by atoms with van der Waals surface area (Å²) >= 11 is 6.26. The zero-order valence-electron chi connectivity index (χ0n) is 9.92. The van der Waals surface area contributed by atoms with Gasteiger partial charge in [-0.15, -0.1) is 16.7 Å². The smallest absolute Gasteiger partial charge is 0.158 e. The van der Waals surface area contributed by atoms with Gasteiger partial charge in [0.2, 0.25) is 0 Å². The van der Waals surface area contributed by atoms with E-state index in [9.17, 15) is 0 Å². The van der Waals surface area contributed by atoms with Crippen LogP contribution in [0.2, 0.25) is 0 Å². The second-order valence-electron chi connectivity index (χ2n) is 4.31. The van der Waals surface area contributed by atoms with E-state index in [0.29, 0.717) is 12.3 Å². The Morgan fingerprint density at radius 3 is 2.59 bits per heavy atom. The van der Waals surface area contributed by atoms with Crippen molar-refractivity contribution in [2.24, 2.45) is 5.92 Å². The summed E-state index contributed by atoms with van der Waals surface area (Å²) in [6.45, 7) is 4.18. The average Bonchev–Trinajstić information content (AvgIpc) is 2.78. The van der Waals surface area contributed by atoms with Gasteiger partial charge in [0.15, 0.2) is 5.82 Å². The van der Waals surface area contributed by atoms with Crippen molar-refractivity contribution in [1.82, 2.24) is 20.2 Å². The standard InChI is InChI=1S/C12H15ClN4/c1-9(2)11(13)8-12-14-15-16-17(12)10-6-4-3-5-7-10/h3-7,9,11H,8H2,1-2H3. The van der Waals surface area contributed by atoms with Crippen LogP contribution in [0.1, 0.15) is 19.7 Å². The first-order chi connectivity index (χ1) is 8.18. The Kier molecular flexibility index (Phi) is 3.74. The topological polar surface area (TPSA) is 43.6 Å². The Morgan fingerprint density at radius 1 is 1.24 bits per heavy atom. The lowest BCUT2D eigenvalue weighted by Gasteiger charge is -2.12. The molecule has 2 aromatic rings. The van der Waals surface area contributed by atoms with Gasteiger partial charge in [0, 0.05) is 11.8 Å². The van der Waals surface area contributed by atoms with Gasteiger partial charge in [-0.3, -0.25) is 0 Å². The number of alkyl halides is 1. The molecule has 0 bridgehead atoms. The molecule has 17 heavy (non-hydrogen) atoms. The van der Waals surface area contributed by atoms with Crippen LogP contribution in [0.5, 0.6) is 0 Å². The maximum Gasteiger partial charge on any atom is 0.158 e. The molecule has 1 aromatic carbocycles. The van der Waals surface area contributed by atoms with Crippen LogP contribution in [0, 0.1) is 5.92 Å². The third-order valence-electron chi connectivity index (χ3n) is 2.64. The minimum atomic E-state index is 0.0449. The zero-order valence-corrected chi connectivity index (χ0v) is 10.7. The van der Waals surface area contributed by atoms with Crippen LogP contribution in [-0.2, 0) is 6.42 Å². The minimum Gasteiger partial charge on any atom is -0.197 e. The number of halogens is 1. The van der Waals surface area contributed by atoms with E-state index in [2.05, 4.69) is 29.4 Å². The number of rotatable bonds is 4. The molecule has 0 amide bonds. The fraction of sp³-hybridized carbons (Fsp3) is 0.417. The highest BCUT2D eigenvalue weighted by molar-refractivity contribution is 6.20. The average molecular weight is 251 g/mol. The zero-order chi connectivity index (χ0) is 12.3. The molecule has 1 unspecified atom stereocenters. The Hall–Kier alpha value is -1.42. The van der Waals surface area contributed by atoms with E-state index in [1.807, 2.05) is 30.3 Å². The van der Waals surface area contributed by atoms with Gasteiger partial charge < -0.3 is 0 Å². The fourth-order valence-corrected chi connectivity index (χ4v) is 1.65. The summed E-state index contributed by atoms with van der Waals surface area (Å²) in [5.41, 5.74) is 0.958. The molecule has 0 aliphatic rings. The van der Waals surface area contributed by atoms with Crippen LogP contribution in [-0.4, -0.2) is 25.6 Å². The van der Waals surface area contributed by atoms with E-state index in [1.165, 1.54) is 0 Å². The molecule has 0 aliphatic heterocycles. The predicted molar refractivity (Wildman–Crippen MR) is 67.3 cm³/mol. The molecule has 1 heterocycles. The molecule has 4 nitrogen and oxygen atoms in total. The molecule has 5 heteroatoms. The fourth-order valence-electron chi connectivity index (χ4n) is 1.51. The Balaban J connectivity index is 2.23. The summed E-state index contributed by atoms with van der Waals surface area (Å²) < 4.78 is 1.73. The highest BCUT2D eigenvalue weighted by Gasteiger charge is 2.16. The number of nitrogens with zero attached hydrogens (tertiary/aromatic N) is 4. The second kappa shape index (κ2) is 5.27. The molecule has 0 saturated carbocycles. The van der Waals surface area contributed by atoms with Crippen LogP contribution in [0.4, 0.5) is 0 Å². The summed E-state index contributed by atoms with van der Waals surface area (Å²) in [6.07, 6.45) is 0.668. The van der Waals surface area contributed by atoms with Gasteiger partial charge in [-0.2, -0.15) is 4.68 Å². The summed E-state index contributed by atoms with van der Waals surface area (Å²) in [4.78, 5) is 0. The number of benzene rings is 1. The van der Waals surface area contributed by atoms with Crippen LogP contribution in [0.3, 0.4) is 0 Å². The van der Waals surface area contributed by atoms with Crippen molar-refractivity contribution in [3.63, 3.8) is 0 Å². The second-order valence-corrected chi connectivity index (χ2v) is 4.87. The highest BCUT2D eigenvalue weighted by atomic mass is 35.5. The van der Waals surface area contributed by atoms with Crippen molar-refractivity contribution >= 4 is 11.6 Å². The van der Waals surface area contributed by atoms with Crippen molar-refractivity contribution in [2.45, 2.75) is 25.6 Å². The summed E-state index contributed by atoms with van der Waals surface area (Å²) in [5.74, 6) is 1.20. The first kappa shape index (κ1) is 12.0. The number of hydrogen-bond acceptors (Lipinski definition) is 3. The van der Waals surface area contributed by atoms with E-state index >= 15 is 0 Å².